The number of hydrogen-bond acceptors (Lipinski definition) is 5. The van der Waals surface area contributed by atoms with Gasteiger partial charge < -0.3 is 16.0 Å². The van der Waals surface area contributed by atoms with Gasteiger partial charge in [-0.15, -0.1) is 0 Å². The van der Waals surface area contributed by atoms with Gasteiger partial charge >= 0.3 is 0 Å². The Morgan fingerprint density at radius 2 is 1.00 bits per heavy atom. The van der Waals surface area contributed by atoms with Crippen LogP contribution in [-0.2, 0) is 0 Å². The Hall–Kier alpha value is 0.580. The molecule has 3 heterocycles. The summed E-state index contributed by atoms with van der Waals surface area (Å²) in [6, 6.07) is 0. The first kappa shape index (κ1) is 26.6. The number of thioether (sulfide) groups is 2. The van der Waals surface area contributed by atoms with Crippen LogP contribution in [0.4, 0.5) is 0 Å². The van der Waals surface area contributed by atoms with Gasteiger partial charge in [-0.1, -0.05) is 59.8 Å². The molecule has 5 heteroatoms. The summed E-state index contributed by atoms with van der Waals surface area (Å²) in [6.07, 6.45) is 12.5. The fraction of sp³-hybridized carbons (Fsp3) is 1.00. The molecule has 4 aliphatic rings. The van der Waals surface area contributed by atoms with E-state index in [9.17, 15) is 0 Å². The SMILES string of the molecule is C1CC2(CCN1)CNCCS2.C1CCC2(CC1)CNCCS2.CCC.CCC. The summed E-state index contributed by atoms with van der Waals surface area (Å²) in [7, 11) is 0. The standard InChI is InChI=1S/C9H17NS.C8H16N2S.2C3H8/c1-2-4-9(5-3-1)8-10-6-7-11-9;1-3-9-4-2-8(1)7-10-5-6-11-8;2*1-3-2/h10H,1-8H2;9-10H,1-7H2;2*3H2,1-2H3. The number of nitrogens with one attached hydrogen (secondary N) is 3. The topological polar surface area (TPSA) is 36.1 Å². The molecule has 0 bridgehead atoms. The van der Waals surface area contributed by atoms with Crippen molar-refractivity contribution in [2.75, 3.05) is 50.8 Å². The van der Waals surface area contributed by atoms with Crippen LogP contribution in [-0.4, -0.2) is 60.3 Å². The molecule has 0 aromatic heterocycles. The van der Waals surface area contributed by atoms with Gasteiger partial charge in [0.05, 0.1) is 0 Å². The van der Waals surface area contributed by atoms with Crippen LogP contribution in [0.1, 0.15) is 85.5 Å². The van der Waals surface area contributed by atoms with Crippen molar-refractivity contribution in [1.29, 1.82) is 0 Å². The lowest BCUT2D eigenvalue weighted by Crippen LogP contribution is -2.49. The normalized spacial score (nSPS) is 25.3. The number of piperidine rings is 1. The van der Waals surface area contributed by atoms with Crippen molar-refractivity contribution < 1.29 is 0 Å². The lowest BCUT2D eigenvalue weighted by Gasteiger charge is -2.40. The average molecular weight is 432 g/mol. The molecular weight excluding hydrogens is 382 g/mol. The minimum Gasteiger partial charge on any atom is -0.317 e. The maximum absolute atomic E-state index is 3.52. The quantitative estimate of drug-likeness (QED) is 0.485. The second kappa shape index (κ2) is 16.3. The van der Waals surface area contributed by atoms with E-state index in [0.29, 0.717) is 9.49 Å². The Labute approximate surface area is 185 Å². The summed E-state index contributed by atoms with van der Waals surface area (Å²) in [4.78, 5) is 0. The summed E-state index contributed by atoms with van der Waals surface area (Å²) in [5.74, 6) is 2.64. The van der Waals surface area contributed by atoms with Gasteiger partial charge in [-0.05, 0) is 38.8 Å². The second-order valence-electron chi connectivity index (χ2n) is 8.64. The maximum Gasteiger partial charge on any atom is 0.0309 e. The summed E-state index contributed by atoms with van der Waals surface area (Å²) in [6.45, 7) is 15.9. The van der Waals surface area contributed by atoms with E-state index in [2.05, 4.69) is 67.2 Å². The van der Waals surface area contributed by atoms with Gasteiger partial charge in [-0.2, -0.15) is 23.5 Å². The molecule has 0 unspecified atom stereocenters. The Bertz CT molecular complexity index is 269. The van der Waals surface area contributed by atoms with Crippen LogP contribution >= 0.6 is 23.5 Å². The van der Waals surface area contributed by atoms with Gasteiger partial charge in [0.15, 0.2) is 0 Å². The van der Waals surface area contributed by atoms with Crippen LogP contribution in [0.2, 0.25) is 0 Å². The van der Waals surface area contributed by atoms with E-state index in [4.69, 9.17) is 0 Å². The summed E-state index contributed by atoms with van der Waals surface area (Å²) < 4.78 is 1.26. The molecule has 3 N–H and O–H groups in total. The van der Waals surface area contributed by atoms with E-state index in [1.165, 1.54) is 109 Å². The summed E-state index contributed by atoms with van der Waals surface area (Å²) >= 11 is 4.41. The molecule has 1 saturated carbocycles. The summed E-state index contributed by atoms with van der Waals surface area (Å²) in [5.41, 5.74) is 0. The van der Waals surface area contributed by atoms with Crippen LogP contribution in [0, 0.1) is 0 Å². The highest BCUT2D eigenvalue weighted by Gasteiger charge is 2.34. The number of hydrogen-bond donors (Lipinski definition) is 3. The predicted molar refractivity (Wildman–Crippen MR) is 133 cm³/mol. The Morgan fingerprint density at radius 1 is 0.571 bits per heavy atom. The van der Waals surface area contributed by atoms with Gasteiger partial charge in [-0.3, -0.25) is 0 Å². The van der Waals surface area contributed by atoms with Crippen molar-refractivity contribution in [2.45, 2.75) is 95.0 Å². The van der Waals surface area contributed by atoms with Crippen molar-refractivity contribution in [3.8, 4) is 0 Å². The zero-order valence-electron chi connectivity index (χ0n) is 19.3. The molecule has 1 aliphatic carbocycles. The Morgan fingerprint density at radius 3 is 1.39 bits per heavy atom. The first-order chi connectivity index (χ1) is 13.7. The summed E-state index contributed by atoms with van der Waals surface area (Å²) in [5, 5.41) is 10.4. The van der Waals surface area contributed by atoms with Crippen LogP contribution in [0.5, 0.6) is 0 Å². The third kappa shape index (κ3) is 10.6. The molecule has 3 saturated heterocycles. The molecule has 0 atom stereocenters. The Kier molecular flexibility index (Phi) is 15.5. The van der Waals surface area contributed by atoms with Crippen molar-refractivity contribution >= 4 is 23.5 Å². The highest BCUT2D eigenvalue weighted by molar-refractivity contribution is 8.01. The molecule has 2 spiro atoms. The zero-order valence-corrected chi connectivity index (χ0v) is 21.0. The molecule has 0 amide bonds. The fourth-order valence-corrected chi connectivity index (χ4v) is 6.97. The van der Waals surface area contributed by atoms with E-state index < -0.39 is 0 Å². The molecule has 168 valence electrons. The minimum atomic E-state index is 0.601. The van der Waals surface area contributed by atoms with Crippen LogP contribution < -0.4 is 16.0 Å². The van der Waals surface area contributed by atoms with Crippen LogP contribution in [0.3, 0.4) is 0 Å². The maximum atomic E-state index is 3.52. The van der Waals surface area contributed by atoms with Gasteiger partial charge in [0, 0.05) is 47.2 Å². The average Bonchev–Trinajstić information content (AvgIpc) is 2.72. The first-order valence-corrected chi connectivity index (χ1v) is 14.0. The molecule has 0 aromatic carbocycles. The zero-order chi connectivity index (χ0) is 20.6. The van der Waals surface area contributed by atoms with Crippen LogP contribution in [0.25, 0.3) is 0 Å². The van der Waals surface area contributed by atoms with Crippen molar-refractivity contribution in [1.82, 2.24) is 16.0 Å². The third-order valence-electron chi connectivity index (χ3n) is 5.55. The van der Waals surface area contributed by atoms with Crippen molar-refractivity contribution in [3.05, 3.63) is 0 Å². The van der Waals surface area contributed by atoms with Gasteiger partial charge in [-0.25, -0.2) is 0 Å². The van der Waals surface area contributed by atoms with Crippen LogP contribution in [0.15, 0.2) is 0 Å². The van der Waals surface area contributed by atoms with Gasteiger partial charge in [0.25, 0.3) is 0 Å². The molecule has 4 fully saturated rings. The fourth-order valence-electron chi connectivity index (χ4n) is 4.13. The van der Waals surface area contributed by atoms with E-state index in [1.54, 1.807) is 0 Å². The first-order valence-electron chi connectivity index (χ1n) is 12.1. The molecule has 0 radical (unpaired) electrons. The minimum absolute atomic E-state index is 0.601. The van der Waals surface area contributed by atoms with Gasteiger partial charge in [0.1, 0.15) is 0 Å². The lowest BCUT2D eigenvalue weighted by molar-refractivity contribution is 0.375. The largest absolute Gasteiger partial charge is 0.317 e. The van der Waals surface area contributed by atoms with E-state index in [1.807, 2.05) is 0 Å². The number of rotatable bonds is 0. The predicted octanol–water partition coefficient (Wildman–Crippen LogP) is 5.30. The second-order valence-corrected chi connectivity index (χ2v) is 11.8. The lowest BCUT2D eigenvalue weighted by atomic mass is 9.88. The van der Waals surface area contributed by atoms with Gasteiger partial charge in [0.2, 0.25) is 0 Å². The monoisotopic (exact) mass is 431 g/mol. The highest BCUT2D eigenvalue weighted by atomic mass is 32.2. The smallest absolute Gasteiger partial charge is 0.0309 e. The molecular formula is C23H49N3S2. The molecule has 0 aromatic rings. The third-order valence-corrected chi connectivity index (χ3v) is 8.69. The van der Waals surface area contributed by atoms with E-state index in [0.717, 1.165) is 0 Å². The van der Waals surface area contributed by atoms with Crippen molar-refractivity contribution in [2.24, 2.45) is 0 Å². The molecule has 4 rings (SSSR count). The molecule has 28 heavy (non-hydrogen) atoms. The highest BCUT2D eigenvalue weighted by Crippen LogP contribution is 2.40. The Balaban J connectivity index is 0.000000220. The van der Waals surface area contributed by atoms with E-state index in [-0.39, 0.29) is 0 Å². The van der Waals surface area contributed by atoms with E-state index >= 15 is 0 Å². The van der Waals surface area contributed by atoms with Crippen molar-refractivity contribution in [3.63, 3.8) is 0 Å². The molecule has 3 nitrogen and oxygen atoms in total. The molecule has 3 aliphatic heterocycles.